The molecule has 3 aromatic carbocycles. The van der Waals surface area contributed by atoms with Gasteiger partial charge in [0, 0.05) is 0 Å². The summed E-state index contributed by atoms with van der Waals surface area (Å²) in [4.78, 5) is 24.1. The van der Waals surface area contributed by atoms with Crippen molar-refractivity contribution in [3.05, 3.63) is 95.6 Å². The summed E-state index contributed by atoms with van der Waals surface area (Å²) in [7, 11) is 3.13. The van der Waals surface area contributed by atoms with Crippen LogP contribution in [-0.2, 0) is 24.7 Å². The molecule has 0 aromatic heterocycles. The predicted octanol–water partition coefficient (Wildman–Crippen LogP) is 2.92. The molecule has 0 amide bonds. The first kappa shape index (κ1) is 25.7. The van der Waals surface area contributed by atoms with Crippen LogP contribution in [0.4, 0.5) is 0 Å². The van der Waals surface area contributed by atoms with Crippen molar-refractivity contribution in [2.24, 2.45) is 11.8 Å². The van der Waals surface area contributed by atoms with Crippen LogP contribution in [-0.4, -0.2) is 65.9 Å². The summed E-state index contributed by atoms with van der Waals surface area (Å²) in [6.45, 7) is 0. The fourth-order valence-electron chi connectivity index (χ4n) is 5.67. The van der Waals surface area contributed by atoms with Crippen LogP contribution in [0.5, 0.6) is 11.5 Å². The molecule has 2 fully saturated rings. The molecule has 5 rings (SSSR count). The van der Waals surface area contributed by atoms with E-state index in [1.165, 1.54) is 0 Å². The van der Waals surface area contributed by atoms with E-state index in [0.717, 1.165) is 0 Å². The molecular formula is C29H28O9. The number of rotatable bonds is 9. The summed E-state index contributed by atoms with van der Waals surface area (Å²) in [5, 5.41) is 30.8. The van der Waals surface area contributed by atoms with Crippen LogP contribution in [0, 0.1) is 11.8 Å². The Kier molecular flexibility index (Phi) is 6.83. The highest BCUT2D eigenvalue weighted by atomic mass is 16.6. The Balaban J connectivity index is 1.69. The lowest BCUT2D eigenvalue weighted by atomic mass is 9.75. The highest BCUT2D eigenvalue weighted by molar-refractivity contribution is 5.82. The molecule has 6 unspecified atom stereocenters. The maximum atomic E-state index is 12.2. The van der Waals surface area contributed by atoms with Crippen molar-refractivity contribution in [2.75, 3.05) is 14.2 Å². The summed E-state index contributed by atoms with van der Waals surface area (Å²) in [6, 6.07) is 23.8. The summed E-state index contributed by atoms with van der Waals surface area (Å²) in [6.07, 6.45) is -4.89. The lowest BCUT2D eigenvalue weighted by molar-refractivity contribution is -0.166. The molecule has 198 valence electrons. The van der Waals surface area contributed by atoms with Crippen LogP contribution in [0.25, 0.3) is 0 Å². The van der Waals surface area contributed by atoms with Crippen LogP contribution in [0.3, 0.4) is 0 Å². The first-order valence-electron chi connectivity index (χ1n) is 12.1. The van der Waals surface area contributed by atoms with Gasteiger partial charge >= 0.3 is 11.9 Å². The van der Waals surface area contributed by atoms with Gasteiger partial charge in [0.25, 0.3) is 0 Å². The molecular weight excluding hydrogens is 492 g/mol. The minimum atomic E-state index is -1.39. The Bertz CT molecular complexity index is 1240. The fraction of sp³-hybridized carbons (Fsp3) is 0.310. The number of carbonyl (C=O) groups is 2. The Hall–Kier alpha value is -3.92. The van der Waals surface area contributed by atoms with Crippen molar-refractivity contribution in [3.63, 3.8) is 0 Å². The Morgan fingerprint density at radius 2 is 1.16 bits per heavy atom. The average molecular weight is 521 g/mol. The molecule has 2 saturated heterocycles. The number of methoxy groups -OCH3 is 2. The van der Waals surface area contributed by atoms with E-state index in [-0.39, 0.29) is 0 Å². The molecule has 2 heterocycles. The van der Waals surface area contributed by atoms with Crippen LogP contribution in [0.2, 0.25) is 0 Å². The third-order valence-electron chi connectivity index (χ3n) is 7.46. The molecule has 3 aromatic rings. The summed E-state index contributed by atoms with van der Waals surface area (Å²) in [5.41, 5.74) is 0.755. The number of fused-ring (bicyclic) bond motifs is 2. The van der Waals surface area contributed by atoms with E-state index in [1.807, 2.05) is 54.6 Å². The van der Waals surface area contributed by atoms with Crippen molar-refractivity contribution in [2.45, 2.75) is 30.0 Å². The van der Waals surface area contributed by atoms with Crippen LogP contribution in [0.15, 0.2) is 78.9 Å². The third-order valence-corrected chi connectivity index (χ3v) is 7.46. The first-order valence-corrected chi connectivity index (χ1v) is 12.1. The minimum Gasteiger partial charge on any atom is -0.497 e. The quantitative estimate of drug-likeness (QED) is 0.364. The molecule has 9 nitrogen and oxygen atoms in total. The van der Waals surface area contributed by atoms with Crippen LogP contribution < -0.4 is 9.47 Å². The molecule has 0 radical (unpaired) electrons. The predicted molar refractivity (Wildman–Crippen MR) is 134 cm³/mol. The van der Waals surface area contributed by atoms with Gasteiger partial charge in [-0.15, -0.1) is 0 Å². The zero-order valence-corrected chi connectivity index (χ0v) is 20.8. The molecule has 0 spiro atoms. The molecule has 0 saturated carbocycles. The smallest absolute Gasteiger partial charge is 0.310 e. The Labute approximate surface area is 219 Å². The van der Waals surface area contributed by atoms with Crippen LogP contribution in [0.1, 0.15) is 16.7 Å². The van der Waals surface area contributed by atoms with Gasteiger partial charge in [-0.1, -0.05) is 54.6 Å². The van der Waals surface area contributed by atoms with Crippen LogP contribution >= 0.6 is 0 Å². The van der Waals surface area contributed by atoms with E-state index in [1.54, 1.807) is 38.5 Å². The van der Waals surface area contributed by atoms with Crippen molar-refractivity contribution in [1.82, 2.24) is 0 Å². The SMILES string of the molecule is COc1ccc(C(OC2C(O)C3OC2C(C(=O)O)C3C(=O)O)(c2ccccc2)c2ccc(OC)cc2)cc1. The van der Waals surface area contributed by atoms with Gasteiger partial charge in [0.2, 0.25) is 0 Å². The number of benzene rings is 3. The average Bonchev–Trinajstić information content (AvgIpc) is 3.49. The maximum absolute atomic E-state index is 12.2. The number of aliphatic carboxylic acids is 2. The van der Waals surface area contributed by atoms with Gasteiger partial charge in [-0.25, -0.2) is 0 Å². The highest BCUT2D eigenvalue weighted by Gasteiger charge is 2.66. The Morgan fingerprint density at radius 1 is 0.711 bits per heavy atom. The topological polar surface area (TPSA) is 132 Å². The summed E-state index contributed by atoms with van der Waals surface area (Å²) in [5.74, 6) is -4.16. The van der Waals surface area contributed by atoms with E-state index in [2.05, 4.69) is 0 Å². The number of aliphatic hydroxyl groups excluding tert-OH is 1. The van der Waals surface area contributed by atoms with E-state index in [0.29, 0.717) is 28.2 Å². The summed E-state index contributed by atoms with van der Waals surface area (Å²) < 4.78 is 23.3. The number of hydrogen-bond acceptors (Lipinski definition) is 7. The van der Waals surface area contributed by atoms with Crippen molar-refractivity contribution in [1.29, 1.82) is 0 Å². The van der Waals surface area contributed by atoms with Gasteiger partial charge < -0.3 is 34.3 Å². The number of hydrogen-bond donors (Lipinski definition) is 3. The third kappa shape index (κ3) is 4.09. The second-order valence-electron chi connectivity index (χ2n) is 9.37. The molecule has 2 aliphatic rings. The zero-order valence-electron chi connectivity index (χ0n) is 20.8. The lowest BCUT2D eigenvalue weighted by Gasteiger charge is -2.42. The largest absolute Gasteiger partial charge is 0.497 e. The monoisotopic (exact) mass is 520 g/mol. The number of aliphatic hydroxyl groups is 1. The molecule has 2 aliphatic heterocycles. The number of carboxylic acids is 2. The van der Waals surface area contributed by atoms with Crippen molar-refractivity contribution >= 4 is 11.9 Å². The standard InChI is InChI=1S/C29H28O9/c1-35-19-12-8-17(9-13-19)29(16-6-4-3-5-7-16,18-10-14-20(36-2)15-11-18)38-26-23(30)24-21(27(31)32)22(28(33)34)25(26)37-24/h3-15,21-26,30H,1-2H3,(H,31,32)(H,33,34). The second-order valence-corrected chi connectivity index (χ2v) is 9.37. The van der Waals surface area contributed by atoms with Gasteiger partial charge in [0.05, 0.1) is 14.2 Å². The maximum Gasteiger partial charge on any atom is 0.310 e. The molecule has 3 N–H and O–H groups in total. The van der Waals surface area contributed by atoms with E-state index in [4.69, 9.17) is 18.9 Å². The first-order chi connectivity index (χ1) is 18.3. The Morgan fingerprint density at radius 3 is 1.61 bits per heavy atom. The van der Waals surface area contributed by atoms with Gasteiger partial charge in [-0.3, -0.25) is 9.59 Å². The van der Waals surface area contributed by atoms with Crippen molar-refractivity contribution in [3.8, 4) is 11.5 Å². The van der Waals surface area contributed by atoms with E-state index < -0.39 is 53.8 Å². The van der Waals surface area contributed by atoms with Gasteiger partial charge in [-0.05, 0) is 41.0 Å². The fourth-order valence-corrected chi connectivity index (χ4v) is 5.67. The minimum absolute atomic E-state index is 0.629. The second kappa shape index (κ2) is 10.1. The zero-order chi connectivity index (χ0) is 27.0. The van der Waals surface area contributed by atoms with Gasteiger partial charge in [-0.2, -0.15) is 0 Å². The highest BCUT2D eigenvalue weighted by Crippen LogP contribution is 2.50. The lowest BCUT2D eigenvalue weighted by Crippen LogP contribution is -2.55. The molecule has 6 atom stereocenters. The van der Waals surface area contributed by atoms with Gasteiger partial charge in [0.15, 0.2) is 0 Å². The molecule has 2 bridgehead atoms. The summed E-state index contributed by atoms with van der Waals surface area (Å²) >= 11 is 0. The molecule has 38 heavy (non-hydrogen) atoms. The number of carboxylic acid groups (broad SMARTS) is 2. The van der Waals surface area contributed by atoms with E-state index in [9.17, 15) is 24.9 Å². The number of ether oxygens (including phenoxy) is 4. The molecule has 0 aliphatic carbocycles. The molecule has 9 heteroatoms. The normalized spacial score (nSPS) is 26.2. The van der Waals surface area contributed by atoms with Crippen molar-refractivity contribution < 1.29 is 43.9 Å². The van der Waals surface area contributed by atoms with Gasteiger partial charge in [0.1, 0.15) is 53.4 Å². The van der Waals surface area contributed by atoms with E-state index >= 15 is 0 Å².